The third-order valence-electron chi connectivity index (χ3n) is 6.25. The van der Waals surface area contributed by atoms with Crippen LogP contribution in [-0.4, -0.2) is 54.7 Å². The molecule has 4 aromatic heterocycles. The number of imidazole rings is 1. The predicted molar refractivity (Wildman–Crippen MR) is 133 cm³/mol. The fourth-order valence-corrected chi connectivity index (χ4v) is 4.45. The van der Waals surface area contributed by atoms with E-state index in [0.717, 1.165) is 51.3 Å². The lowest BCUT2D eigenvalue weighted by Crippen LogP contribution is -2.23. The van der Waals surface area contributed by atoms with Crippen LogP contribution in [0, 0.1) is 0 Å². The molecular formula is C26H29N7. The fraction of sp³-hybridized carbons (Fsp3) is 0.308. The molecule has 0 spiro atoms. The van der Waals surface area contributed by atoms with E-state index in [9.17, 15) is 0 Å². The first-order chi connectivity index (χ1) is 16.2. The van der Waals surface area contributed by atoms with Crippen molar-refractivity contribution >= 4 is 28.8 Å². The summed E-state index contributed by atoms with van der Waals surface area (Å²) < 4.78 is 0. The minimum absolute atomic E-state index is 0.704. The number of allylic oxidation sites excluding steroid dienone is 1. The number of fused-ring (bicyclic) bond motifs is 1. The van der Waals surface area contributed by atoms with Gasteiger partial charge >= 0.3 is 0 Å². The zero-order valence-corrected chi connectivity index (χ0v) is 19.0. The number of nitrogens with one attached hydrogen (secondary N) is 2. The van der Waals surface area contributed by atoms with Gasteiger partial charge in [-0.2, -0.15) is 5.10 Å². The zero-order valence-electron chi connectivity index (χ0n) is 19.0. The average Bonchev–Trinajstić information content (AvgIpc) is 3.58. The number of pyridine rings is 2. The molecule has 0 aliphatic carbocycles. The van der Waals surface area contributed by atoms with Gasteiger partial charge in [0.15, 0.2) is 5.82 Å². The fourth-order valence-electron chi connectivity index (χ4n) is 4.45. The van der Waals surface area contributed by atoms with Crippen LogP contribution >= 0.6 is 0 Å². The molecule has 1 saturated heterocycles. The smallest absolute Gasteiger partial charge is 0.159 e. The number of aryl methyl sites for hydroxylation is 1. The first-order valence-electron chi connectivity index (χ1n) is 11.6. The zero-order chi connectivity index (χ0) is 22.6. The predicted octanol–water partition coefficient (Wildman–Crippen LogP) is 3.07. The minimum Gasteiger partial charge on any atom is -0.335 e. The highest BCUT2D eigenvalue weighted by atomic mass is 15.1. The number of likely N-dealkylation sites (tertiary alicyclic amines) is 1. The Balaban J connectivity index is 1.41. The summed E-state index contributed by atoms with van der Waals surface area (Å²) in [4.78, 5) is 19.2. The van der Waals surface area contributed by atoms with Crippen molar-refractivity contribution in [3.05, 3.63) is 65.2 Å². The van der Waals surface area contributed by atoms with Crippen LogP contribution in [0.4, 0.5) is 0 Å². The molecule has 5 rings (SSSR count). The molecule has 0 atom stereocenters. The van der Waals surface area contributed by atoms with Crippen molar-refractivity contribution in [3.63, 3.8) is 0 Å². The SMILES string of the molecule is C=C(/C=c1/c(-c2nc3ccncc3[nH]2)n[nH]/c1=C/C)c1cncc(CCCN2CCCC2)c1. The van der Waals surface area contributed by atoms with Crippen LogP contribution in [0.2, 0.25) is 0 Å². The van der Waals surface area contributed by atoms with E-state index < -0.39 is 0 Å². The van der Waals surface area contributed by atoms with E-state index in [1.165, 1.54) is 38.0 Å². The van der Waals surface area contributed by atoms with Crippen molar-refractivity contribution in [2.24, 2.45) is 0 Å². The number of H-pyrrole nitrogens is 2. The molecule has 0 unspecified atom stereocenters. The topological polar surface area (TPSA) is 86.4 Å². The molecule has 1 aliphatic rings. The highest BCUT2D eigenvalue weighted by molar-refractivity contribution is 5.88. The van der Waals surface area contributed by atoms with Crippen LogP contribution in [0.15, 0.2) is 43.5 Å². The first-order valence-corrected chi connectivity index (χ1v) is 11.6. The second-order valence-corrected chi connectivity index (χ2v) is 8.57. The Morgan fingerprint density at radius 1 is 1.18 bits per heavy atom. The monoisotopic (exact) mass is 439 g/mol. The van der Waals surface area contributed by atoms with E-state index in [-0.39, 0.29) is 0 Å². The van der Waals surface area contributed by atoms with E-state index >= 15 is 0 Å². The Kier molecular flexibility index (Phi) is 6.13. The summed E-state index contributed by atoms with van der Waals surface area (Å²) in [6.45, 7) is 9.98. The lowest BCUT2D eigenvalue weighted by molar-refractivity contribution is 0.334. The van der Waals surface area contributed by atoms with Crippen molar-refractivity contribution in [3.8, 4) is 11.5 Å². The van der Waals surface area contributed by atoms with Crippen molar-refractivity contribution < 1.29 is 0 Å². The Morgan fingerprint density at radius 2 is 2.06 bits per heavy atom. The molecule has 33 heavy (non-hydrogen) atoms. The second kappa shape index (κ2) is 9.50. The summed E-state index contributed by atoms with van der Waals surface area (Å²) in [5.41, 5.74) is 5.67. The number of nitrogens with zero attached hydrogens (tertiary/aromatic N) is 5. The van der Waals surface area contributed by atoms with Gasteiger partial charge in [-0.05, 0) is 87.2 Å². The van der Waals surface area contributed by atoms with Gasteiger partial charge in [0.1, 0.15) is 5.69 Å². The van der Waals surface area contributed by atoms with Crippen molar-refractivity contribution in [2.45, 2.75) is 32.6 Å². The minimum atomic E-state index is 0.704. The first kappa shape index (κ1) is 21.3. The molecule has 4 aromatic rings. The third kappa shape index (κ3) is 4.64. The van der Waals surface area contributed by atoms with Crippen molar-refractivity contribution in [1.82, 2.24) is 35.0 Å². The van der Waals surface area contributed by atoms with Crippen LogP contribution in [0.3, 0.4) is 0 Å². The Bertz CT molecular complexity index is 1360. The third-order valence-corrected chi connectivity index (χ3v) is 6.25. The molecule has 1 aliphatic heterocycles. The standard InChI is InChI=1S/C26H29N7/c1-3-22-21(25(32-31-22)26-29-23-8-9-27-17-24(23)30-26)13-18(2)20-14-19(15-28-16-20)7-6-12-33-10-4-5-11-33/h3,8-9,13-17,31H,2,4-7,10-12H2,1H3,(H,29,30)/b21-13+,22-3+. The van der Waals surface area contributed by atoms with Crippen molar-refractivity contribution in [1.29, 1.82) is 0 Å². The lowest BCUT2D eigenvalue weighted by atomic mass is 10.0. The maximum absolute atomic E-state index is 4.69. The van der Waals surface area contributed by atoms with E-state index in [1.54, 1.807) is 12.4 Å². The number of aromatic amines is 2. The van der Waals surface area contributed by atoms with Gasteiger partial charge in [0.05, 0.1) is 22.6 Å². The molecule has 7 heteroatoms. The van der Waals surface area contributed by atoms with Gasteiger partial charge in [-0.1, -0.05) is 12.7 Å². The molecule has 0 bridgehead atoms. The molecule has 0 amide bonds. The van der Waals surface area contributed by atoms with Crippen molar-refractivity contribution in [2.75, 3.05) is 19.6 Å². The molecular weight excluding hydrogens is 410 g/mol. The van der Waals surface area contributed by atoms with Gasteiger partial charge < -0.3 is 9.88 Å². The summed E-state index contributed by atoms with van der Waals surface area (Å²) in [6.07, 6.45) is 16.3. The number of hydrogen-bond acceptors (Lipinski definition) is 5. The molecule has 5 heterocycles. The summed E-state index contributed by atoms with van der Waals surface area (Å²) in [5, 5.41) is 9.53. The average molecular weight is 440 g/mol. The Morgan fingerprint density at radius 3 is 2.88 bits per heavy atom. The van der Waals surface area contributed by atoms with Crippen LogP contribution in [0.1, 0.15) is 37.3 Å². The summed E-state index contributed by atoms with van der Waals surface area (Å²) in [5.74, 6) is 0.704. The van der Waals surface area contributed by atoms with Gasteiger partial charge in [0.2, 0.25) is 0 Å². The Labute approximate surface area is 193 Å². The molecule has 168 valence electrons. The van der Waals surface area contributed by atoms with Gasteiger partial charge in [-0.25, -0.2) is 4.98 Å². The maximum Gasteiger partial charge on any atom is 0.159 e. The molecule has 7 nitrogen and oxygen atoms in total. The largest absolute Gasteiger partial charge is 0.335 e. The maximum atomic E-state index is 4.69. The molecule has 1 fully saturated rings. The van der Waals surface area contributed by atoms with E-state index in [1.807, 2.05) is 31.5 Å². The van der Waals surface area contributed by atoms with Gasteiger partial charge in [0.25, 0.3) is 0 Å². The van der Waals surface area contributed by atoms with Gasteiger partial charge in [-0.3, -0.25) is 15.1 Å². The molecule has 2 N–H and O–H groups in total. The highest BCUT2D eigenvalue weighted by Gasteiger charge is 2.12. The Hall–Kier alpha value is -3.58. The van der Waals surface area contributed by atoms with E-state index in [2.05, 4.69) is 48.8 Å². The molecule has 0 saturated carbocycles. The lowest BCUT2D eigenvalue weighted by Gasteiger charge is -2.14. The van der Waals surface area contributed by atoms with E-state index in [4.69, 9.17) is 4.98 Å². The number of hydrogen-bond donors (Lipinski definition) is 2. The second-order valence-electron chi connectivity index (χ2n) is 8.57. The van der Waals surface area contributed by atoms with E-state index in [0.29, 0.717) is 5.82 Å². The quantitative estimate of drug-likeness (QED) is 0.462. The van der Waals surface area contributed by atoms with Crippen LogP contribution < -0.4 is 10.6 Å². The summed E-state index contributed by atoms with van der Waals surface area (Å²) in [7, 11) is 0. The molecule has 0 aromatic carbocycles. The normalized spacial score (nSPS) is 15.7. The highest BCUT2D eigenvalue weighted by Crippen LogP contribution is 2.18. The number of aromatic nitrogens is 6. The molecule has 0 radical (unpaired) electrons. The van der Waals surface area contributed by atoms with Crippen LogP contribution in [0.5, 0.6) is 0 Å². The van der Waals surface area contributed by atoms with Crippen LogP contribution in [-0.2, 0) is 6.42 Å². The summed E-state index contributed by atoms with van der Waals surface area (Å²) >= 11 is 0. The van der Waals surface area contributed by atoms with Gasteiger partial charge in [-0.15, -0.1) is 0 Å². The number of rotatable bonds is 7. The summed E-state index contributed by atoms with van der Waals surface area (Å²) in [6, 6.07) is 4.09. The van der Waals surface area contributed by atoms with Crippen LogP contribution in [0.25, 0.3) is 40.3 Å². The van der Waals surface area contributed by atoms with Gasteiger partial charge in [0, 0.05) is 23.8 Å².